The fourth-order valence-corrected chi connectivity index (χ4v) is 4.16. The van der Waals surface area contributed by atoms with Crippen molar-refractivity contribution < 1.29 is 13.9 Å². The molecule has 9 heteroatoms. The van der Waals surface area contributed by atoms with E-state index in [1.165, 1.54) is 18.5 Å². The molecule has 8 nitrogen and oxygen atoms in total. The number of benzene rings is 2. The van der Waals surface area contributed by atoms with Crippen LogP contribution in [-0.4, -0.2) is 63.6 Å². The van der Waals surface area contributed by atoms with Crippen molar-refractivity contribution in [3.8, 4) is 28.5 Å². The Labute approximate surface area is 202 Å². The lowest BCUT2D eigenvalue weighted by Crippen LogP contribution is -2.49. The maximum Gasteiger partial charge on any atom is 0.242 e. The molecule has 1 aliphatic rings. The van der Waals surface area contributed by atoms with Crippen LogP contribution in [0.25, 0.3) is 22.6 Å². The fraction of sp³-hybridized carbons (Fsp3) is 0.231. The molecular formula is C26H25FN6O2. The number of piperazine rings is 1. The molecule has 0 aliphatic carbocycles. The van der Waals surface area contributed by atoms with Crippen LogP contribution in [0.3, 0.4) is 0 Å². The van der Waals surface area contributed by atoms with Gasteiger partial charge in [-0.3, -0.25) is 4.79 Å². The largest absolute Gasteiger partial charge is 0.481 e. The van der Waals surface area contributed by atoms with Gasteiger partial charge in [0.05, 0.1) is 12.8 Å². The lowest BCUT2D eigenvalue weighted by atomic mass is 10.2. The number of anilines is 1. The van der Waals surface area contributed by atoms with Gasteiger partial charge in [-0.25, -0.2) is 19.3 Å². The third-order valence-electron chi connectivity index (χ3n) is 6.05. The van der Waals surface area contributed by atoms with Crippen LogP contribution in [0.5, 0.6) is 5.88 Å². The summed E-state index contributed by atoms with van der Waals surface area (Å²) in [6.45, 7) is 2.68. The second kappa shape index (κ2) is 9.92. The summed E-state index contributed by atoms with van der Waals surface area (Å²) in [5.74, 6) is 1.72. The normalized spacial score (nSPS) is 13.7. The van der Waals surface area contributed by atoms with Crippen LogP contribution >= 0.6 is 0 Å². The van der Waals surface area contributed by atoms with Crippen molar-refractivity contribution in [2.45, 2.75) is 6.54 Å². The Hall–Kier alpha value is -4.27. The highest BCUT2D eigenvalue weighted by Crippen LogP contribution is 2.26. The minimum absolute atomic E-state index is 0.0187. The van der Waals surface area contributed by atoms with E-state index in [0.717, 1.165) is 16.9 Å². The van der Waals surface area contributed by atoms with Gasteiger partial charge in [-0.1, -0.05) is 30.3 Å². The van der Waals surface area contributed by atoms with E-state index in [9.17, 15) is 9.18 Å². The van der Waals surface area contributed by atoms with Crippen molar-refractivity contribution in [2.24, 2.45) is 0 Å². The molecule has 1 aliphatic heterocycles. The number of hydrogen-bond donors (Lipinski definition) is 0. The van der Waals surface area contributed by atoms with E-state index < -0.39 is 0 Å². The zero-order valence-corrected chi connectivity index (χ0v) is 19.3. The molecule has 2 aromatic carbocycles. The van der Waals surface area contributed by atoms with E-state index in [1.807, 2.05) is 46.0 Å². The van der Waals surface area contributed by atoms with E-state index in [1.54, 1.807) is 25.3 Å². The van der Waals surface area contributed by atoms with Crippen LogP contribution in [-0.2, 0) is 11.3 Å². The number of imidazole rings is 1. The van der Waals surface area contributed by atoms with Gasteiger partial charge in [-0.2, -0.15) is 0 Å². The summed E-state index contributed by atoms with van der Waals surface area (Å²) in [6, 6.07) is 17.8. The van der Waals surface area contributed by atoms with Gasteiger partial charge in [0.1, 0.15) is 30.3 Å². The van der Waals surface area contributed by atoms with Crippen LogP contribution < -0.4 is 9.64 Å². The monoisotopic (exact) mass is 472 g/mol. The molecule has 2 aromatic heterocycles. The highest BCUT2D eigenvalue weighted by molar-refractivity contribution is 5.78. The minimum atomic E-state index is -0.300. The Balaban J connectivity index is 1.32. The summed E-state index contributed by atoms with van der Waals surface area (Å²) < 4.78 is 20.5. The third kappa shape index (κ3) is 4.98. The Kier molecular flexibility index (Phi) is 6.38. The molecule has 1 saturated heterocycles. The zero-order valence-electron chi connectivity index (χ0n) is 19.3. The SMILES string of the molecule is COc1cc(N2CCN(C(=O)Cn3cc(-c4ccc(F)cc4)nc3-c3ccccc3)CC2)ncn1. The summed E-state index contributed by atoms with van der Waals surface area (Å²) in [6.07, 6.45) is 3.34. The molecule has 0 atom stereocenters. The van der Waals surface area contributed by atoms with Gasteiger partial charge < -0.3 is 19.1 Å². The Morgan fingerprint density at radius 3 is 2.43 bits per heavy atom. The molecule has 0 unspecified atom stereocenters. The lowest BCUT2D eigenvalue weighted by Gasteiger charge is -2.35. The molecular weight excluding hydrogens is 447 g/mol. The average Bonchev–Trinajstić information content (AvgIpc) is 3.33. The van der Waals surface area contributed by atoms with E-state index in [4.69, 9.17) is 9.72 Å². The third-order valence-corrected chi connectivity index (χ3v) is 6.05. The summed E-state index contributed by atoms with van der Waals surface area (Å²) in [4.78, 5) is 30.4. The maximum absolute atomic E-state index is 13.4. The molecule has 4 aromatic rings. The lowest BCUT2D eigenvalue weighted by molar-refractivity contribution is -0.132. The maximum atomic E-state index is 13.4. The van der Waals surface area contributed by atoms with Gasteiger partial charge in [0.15, 0.2) is 0 Å². The second-order valence-electron chi connectivity index (χ2n) is 8.24. The summed E-state index contributed by atoms with van der Waals surface area (Å²) >= 11 is 0. The van der Waals surface area contributed by atoms with Crippen LogP contribution in [0.2, 0.25) is 0 Å². The Morgan fingerprint density at radius 2 is 1.71 bits per heavy atom. The van der Waals surface area contributed by atoms with Crippen LogP contribution in [0, 0.1) is 5.82 Å². The molecule has 0 saturated carbocycles. The fourth-order valence-electron chi connectivity index (χ4n) is 4.16. The Bertz CT molecular complexity index is 1300. The molecule has 5 rings (SSSR count). The summed E-state index contributed by atoms with van der Waals surface area (Å²) in [5, 5.41) is 0. The molecule has 3 heterocycles. The van der Waals surface area contributed by atoms with Gasteiger partial charge in [-0.05, 0) is 24.3 Å². The quantitative estimate of drug-likeness (QED) is 0.428. The molecule has 0 N–H and O–H groups in total. The van der Waals surface area contributed by atoms with Crippen LogP contribution in [0.1, 0.15) is 0 Å². The van der Waals surface area contributed by atoms with Gasteiger partial charge >= 0.3 is 0 Å². The number of aromatic nitrogens is 4. The number of carbonyl (C=O) groups excluding carboxylic acids is 1. The smallest absolute Gasteiger partial charge is 0.242 e. The van der Waals surface area contributed by atoms with E-state index in [2.05, 4.69) is 14.9 Å². The second-order valence-corrected chi connectivity index (χ2v) is 8.24. The van der Waals surface area contributed by atoms with Crippen molar-refractivity contribution in [1.29, 1.82) is 0 Å². The van der Waals surface area contributed by atoms with Gasteiger partial charge in [0.25, 0.3) is 0 Å². The first kappa shape index (κ1) is 22.5. The molecule has 35 heavy (non-hydrogen) atoms. The number of hydrogen-bond acceptors (Lipinski definition) is 6. The number of ether oxygens (including phenoxy) is 1. The van der Waals surface area contributed by atoms with E-state index in [-0.39, 0.29) is 18.3 Å². The van der Waals surface area contributed by atoms with E-state index >= 15 is 0 Å². The standard InChI is InChI=1S/C26H25FN6O2/c1-35-24-15-23(28-18-29-24)31-11-13-32(14-12-31)25(34)17-33-16-22(19-7-9-21(27)10-8-19)30-26(33)20-5-3-2-4-6-20/h2-10,15-16,18H,11-14,17H2,1H3. The van der Waals surface area contributed by atoms with Crippen molar-refractivity contribution >= 4 is 11.7 Å². The topological polar surface area (TPSA) is 76.4 Å². The molecule has 1 amide bonds. The zero-order chi connectivity index (χ0) is 24.2. The first-order chi connectivity index (χ1) is 17.1. The minimum Gasteiger partial charge on any atom is -0.481 e. The molecule has 178 valence electrons. The highest BCUT2D eigenvalue weighted by Gasteiger charge is 2.24. The molecule has 0 radical (unpaired) electrons. The Morgan fingerprint density at radius 1 is 0.971 bits per heavy atom. The predicted octanol–water partition coefficient (Wildman–Crippen LogP) is 3.50. The number of nitrogens with zero attached hydrogens (tertiary/aromatic N) is 6. The van der Waals surface area contributed by atoms with Gasteiger partial charge in [0.2, 0.25) is 11.8 Å². The number of rotatable bonds is 6. The average molecular weight is 473 g/mol. The van der Waals surface area contributed by atoms with Crippen molar-refractivity contribution in [1.82, 2.24) is 24.4 Å². The summed E-state index contributed by atoms with van der Waals surface area (Å²) in [7, 11) is 1.57. The predicted molar refractivity (Wildman–Crippen MR) is 130 cm³/mol. The number of halogens is 1. The first-order valence-corrected chi connectivity index (χ1v) is 11.4. The van der Waals surface area contributed by atoms with Gasteiger partial charge in [0, 0.05) is 49.6 Å². The molecule has 0 bridgehead atoms. The number of carbonyl (C=O) groups is 1. The van der Waals surface area contributed by atoms with Crippen molar-refractivity contribution in [2.75, 3.05) is 38.2 Å². The van der Waals surface area contributed by atoms with Crippen molar-refractivity contribution in [3.63, 3.8) is 0 Å². The summed E-state index contributed by atoms with van der Waals surface area (Å²) in [5.41, 5.74) is 2.40. The van der Waals surface area contributed by atoms with Crippen LogP contribution in [0.4, 0.5) is 10.2 Å². The van der Waals surface area contributed by atoms with Gasteiger partial charge in [-0.15, -0.1) is 0 Å². The molecule has 0 spiro atoms. The number of methoxy groups -OCH3 is 1. The highest BCUT2D eigenvalue weighted by atomic mass is 19.1. The van der Waals surface area contributed by atoms with Crippen molar-refractivity contribution in [3.05, 3.63) is 79.0 Å². The molecule has 1 fully saturated rings. The first-order valence-electron chi connectivity index (χ1n) is 11.4. The number of amides is 1. The van der Waals surface area contributed by atoms with Crippen LogP contribution in [0.15, 0.2) is 73.2 Å². The van der Waals surface area contributed by atoms with E-state index in [0.29, 0.717) is 43.6 Å².